The molecule has 0 fully saturated rings. The summed E-state index contributed by atoms with van der Waals surface area (Å²) in [7, 11) is 0. The maximum absolute atomic E-state index is 11.0. The number of benzene rings is 1. The summed E-state index contributed by atoms with van der Waals surface area (Å²) < 4.78 is 10.0. The summed E-state index contributed by atoms with van der Waals surface area (Å²) >= 11 is 0. The van der Waals surface area contributed by atoms with E-state index in [1.807, 2.05) is 0 Å². The summed E-state index contributed by atoms with van der Waals surface area (Å²) in [5, 5.41) is 10.0. The van der Waals surface area contributed by atoms with Gasteiger partial charge in [0.15, 0.2) is 5.58 Å². The maximum atomic E-state index is 11.0. The molecule has 86 valence electrons. The molecule has 2 aromatic heterocycles. The first-order valence-corrected chi connectivity index (χ1v) is 5.08. The molecule has 1 atom stereocenters. The third-order valence-electron chi connectivity index (χ3n) is 2.57. The summed E-state index contributed by atoms with van der Waals surface area (Å²) in [5.74, 6) is -0.0631. The predicted octanol–water partition coefficient (Wildman–Crippen LogP) is 1.80. The SMILES string of the molecule is O=c1[nH]c2ccc(C(O)c3ccco3)cc2o1. The Balaban J connectivity index is 2.08. The highest BCUT2D eigenvalue weighted by Gasteiger charge is 2.14. The lowest BCUT2D eigenvalue weighted by Gasteiger charge is -2.07. The second kappa shape index (κ2) is 3.64. The molecular weight excluding hydrogens is 222 g/mol. The van der Waals surface area contributed by atoms with E-state index in [1.165, 1.54) is 6.26 Å². The van der Waals surface area contributed by atoms with Gasteiger partial charge in [-0.25, -0.2) is 4.79 Å². The van der Waals surface area contributed by atoms with Crippen molar-refractivity contribution < 1.29 is 13.9 Å². The van der Waals surface area contributed by atoms with Crippen molar-refractivity contribution in [3.05, 3.63) is 58.5 Å². The summed E-state index contributed by atoms with van der Waals surface area (Å²) in [4.78, 5) is 13.5. The molecule has 0 bridgehead atoms. The average Bonchev–Trinajstić information content (AvgIpc) is 2.94. The molecule has 0 aliphatic carbocycles. The molecule has 3 rings (SSSR count). The first kappa shape index (κ1) is 9.92. The van der Waals surface area contributed by atoms with Gasteiger partial charge in [-0.3, -0.25) is 4.98 Å². The minimum absolute atomic E-state index is 0.415. The van der Waals surface area contributed by atoms with Gasteiger partial charge in [-0.1, -0.05) is 6.07 Å². The number of aliphatic hydroxyl groups excluding tert-OH is 1. The summed E-state index contributed by atoms with van der Waals surface area (Å²) in [6, 6.07) is 8.39. The van der Waals surface area contributed by atoms with Gasteiger partial charge in [-0.2, -0.15) is 0 Å². The normalized spacial score (nSPS) is 13.0. The van der Waals surface area contributed by atoms with E-state index in [4.69, 9.17) is 8.83 Å². The molecule has 0 spiro atoms. The van der Waals surface area contributed by atoms with Crippen molar-refractivity contribution in [3.63, 3.8) is 0 Å². The molecule has 0 saturated carbocycles. The summed E-state index contributed by atoms with van der Waals surface area (Å²) in [6.45, 7) is 0. The van der Waals surface area contributed by atoms with E-state index in [0.29, 0.717) is 22.4 Å². The molecule has 5 nitrogen and oxygen atoms in total. The number of aromatic nitrogens is 1. The average molecular weight is 231 g/mol. The van der Waals surface area contributed by atoms with Crippen LogP contribution in [0, 0.1) is 0 Å². The van der Waals surface area contributed by atoms with E-state index in [2.05, 4.69) is 4.98 Å². The second-order valence-corrected chi connectivity index (χ2v) is 3.69. The predicted molar refractivity (Wildman–Crippen MR) is 59.6 cm³/mol. The van der Waals surface area contributed by atoms with Gasteiger partial charge in [0.05, 0.1) is 11.8 Å². The quantitative estimate of drug-likeness (QED) is 0.704. The minimum Gasteiger partial charge on any atom is -0.466 e. The number of oxazole rings is 1. The van der Waals surface area contributed by atoms with E-state index >= 15 is 0 Å². The van der Waals surface area contributed by atoms with Gasteiger partial charge < -0.3 is 13.9 Å². The highest BCUT2D eigenvalue weighted by atomic mass is 16.4. The lowest BCUT2D eigenvalue weighted by atomic mass is 10.1. The zero-order valence-corrected chi connectivity index (χ0v) is 8.71. The first-order valence-electron chi connectivity index (χ1n) is 5.08. The van der Waals surface area contributed by atoms with Crippen LogP contribution in [0.25, 0.3) is 11.1 Å². The topological polar surface area (TPSA) is 79.4 Å². The van der Waals surface area contributed by atoms with Gasteiger partial charge in [0, 0.05) is 0 Å². The molecule has 0 aliphatic heterocycles. The fourth-order valence-corrected chi connectivity index (χ4v) is 1.74. The van der Waals surface area contributed by atoms with Crippen LogP contribution in [-0.2, 0) is 0 Å². The molecule has 2 heterocycles. The number of hydrogen-bond acceptors (Lipinski definition) is 4. The van der Waals surface area contributed by atoms with Crippen LogP contribution in [0.3, 0.4) is 0 Å². The molecule has 1 aromatic carbocycles. The molecule has 17 heavy (non-hydrogen) atoms. The van der Waals surface area contributed by atoms with E-state index in [0.717, 1.165) is 0 Å². The molecule has 0 saturated heterocycles. The molecule has 2 N–H and O–H groups in total. The van der Waals surface area contributed by atoms with Crippen molar-refractivity contribution in [2.24, 2.45) is 0 Å². The van der Waals surface area contributed by atoms with Crippen LogP contribution in [-0.4, -0.2) is 10.1 Å². The Morgan fingerprint density at radius 2 is 2.18 bits per heavy atom. The van der Waals surface area contributed by atoms with Crippen molar-refractivity contribution in [3.8, 4) is 0 Å². The molecule has 1 unspecified atom stereocenters. The van der Waals surface area contributed by atoms with Crippen molar-refractivity contribution in [1.29, 1.82) is 0 Å². The zero-order chi connectivity index (χ0) is 11.8. The van der Waals surface area contributed by atoms with Crippen LogP contribution < -0.4 is 5.76 Å². The monoisotopic (exact) mass is 231 g/mol. The Labute approximate surface area is 95.3 Å². The lowest BCUT2D eigenvalue weighted by Crippen LogP contribution is -1.97. The van der Waals surface area contributed by atoms with E-state index in [9.17, 15) is 9.90 Å². The van der Waals surface area contributed by atoms with Crippen LogP contribution >= 0.6 is 0 Å². The van der Waals surface area contributed by atoms with Gasteiger partial charge in [0.1, 0.15) is 11.9 Å². The van der Waals surface area contributed by atoms with Gasteiger partial charge in [0.25, 0.3) is 0 Å². The van der Waals surface area contributed by atoms with Crippen LogP contribution in [0.4, 0.5) is 0 Å². The van der Waals surface area contributed by atoms with Crippen LogP contribution in [0.1, 0.15) is 17.4 Å². The lowest BCUT2D eigenvalue weighted by molar-refractivity contribution is 0.189. The highest BCUT2D eigenvalue weighted by Crippen LogP contribution is 2.24. The van der Waals surface area contributed by atoms with Gasteiger partial charge in [-0.15, -0.1) is 0 Å². The number of aliphatic hydroxyl groups is 1. The number of nitrogens with one attached hydrogen (secondary N) is 1. The first-order chi connectivity index (χ1) is 8.24. The summed E-state index contributed by atoms with van der Waals surface area (Å²) in [6.07, 6.45) is 0.627. The number of H-pyrrole nitrogens is 1. The Morgan fingerprint density at radius 3 is 2.94 bits per heavy atom. The highest BCUT2D eigenvalue weighted by molar-refractivity contribution is 5.73. The van der Waals surface area contributed by atoms with Gasteiger partial charge >= 0.3 is 5.76 Å². The molecule has 5 heteroatoms. The summed E-state index contributed by atoms with van der Waals surface area (Å²) in [5.41, 5.74) is 1.62. The van der Waals surface area contributed by atoms with Crippen molar-refractivity contribution in [1.82, 2.24) is 4.98 Å². The molecular formula is C12H9NO4. The van der Waals surface area contributed by atoms with Crippen molar-refractivity contribution in [2.75, 3.05) is 0 Å². The third-order valence-corrected chi connectivity index (χ3v) is 2.57. The number of hydrogen-bond donors (Lipinski definition) is 2. The van der Waals surface area contributed by atoms with E-state index < -0.39 is 11.9 Å². The maximum Gasteiger partial charge on any atom is 0.417 e. The Morgan fingerprint density at radius 1 is 1.29 bits per heavy atom. The fraction of sp³-hybridized carbons (Fsp3) is 0.0833. The smallest absolute Gasteiger partial charge is 0.417 e. The Hall–Kier alpha value is -2.27. The number of rotatable bonds is 2. The largest absolute Gasteiger partial charge is 0.466 e. The van der Waals surface area contributed by atoms with Gasteiger partial charge in [-0.05, 0) is 29.8 Å². The standard InChI is InChI=1S/C12H9NO4/c14-11(9-2-1-5-16-9)7-3-4-8-10(6-7)17-12(15)13-8/h1-6,11,14H,(H,13,15). The Bertz CT molecular complexity index is 693. The molecule has 0 radical (unpaired) electrons. The number of aromatic amines is 1. The molecule has 0 amide bonds. The van der Waals surface area contributed by atoms with Crippen LogP contribution in [0.2, 0.25) is 0 Å². The number of furan rings is 1. The van der Waals surface area contributed by atoms with Crippen LogP contribution in [0.15, 0.2) is 50.2 Å². The van der Waals surface area contributed by atoms with E-state index in [1.54, 1.807) is 30.3 Å². The van der Waals surface area contributed by atoms with Gasteiger partial charge in [0.2, 0.25) is 0 Å². The fourth-order valence-electron chi connectivity index (χ4n) is 1.74. The third kappa shape index (κ3) is 1.66. The molecule has 0 aliphatic rings. The van der Waals surface area contributed by atoms with Crippen molar-refractivity contribution >= 4 is 11.1 Å². The van der Waals surface area contributed by atoms with Crippen LogP contribution in [0.5, 0.6) is 0 Å². The van der Waals surface area contributed by atoms with Crippen molar-refractivity contribution in [2.45, 2.75) is 6.10 Å². The zero-order valence-electron chi connectivity index (χ0n) is 8.71. The molecule has 3 aromatic rings. The number of fused-ring (bicyclic) bond motifs is 1. The van der Waals surface area contributed by atoms with E-state index in [-0.39, 0.29) is 0 Å². The second-order valence-electron chi connectivity index (χ2n) is 3.69. The minimum atomic E-state index is -0.866. The Kier molecular flexibility index (Phi) is 2.12.